The molecule has 2 amide bonds. The van der Waals surface area contributed by atoms with Crippen LogP contribution in [0.4, 0.5) is 0 Å². The minimum Gasteiger partial charge on any atom is -0.334 e. The maximum Gasteiger partial charge on any atom is 0.242 e. The Hall–Kier alpha value is -2.14. The molecule has 0 bridgehead atoms. The standard InChI is InChI=1S/C20H26N2O2S/c1-4-12-21(17(3)23)15-20(24)22(13-18-8-6-5-7-9-18)14-19-11-10-16(2)25-19/h5-11H,4,12-15H2,1-3H3. The molecule has 1 heterocycles. The zero-order chi connectivity index (χ0) is 18.2. The molecule has 25 heavy (non-hydrogen) atoms. The summed E-state index contributed by atoms with van der Waals surface area (Å²) in [6.45, 7) is 7.47. The van der Waals surface area contributed by atoms with Crippen molar-refractivity contribution >= 4 is 23.2 Å². The molecular formula is C20H26N2O2S. The van der Waals surface area contributed by atoms with Crippen LogP contribution < -0.4 is 0 Å². The van der Waals surface area contributed by atoms with E-state index in [0.29, 0.717) is 19.6 Å². The van der Waals surface area contributed by atoms with Crippen molar-refractivity contribution in [2.24, 2.45) is 0 Å². The fraction of sp³-hybridized carbons (Fsp3) is 0.400. The number of carbonyl (C=O) groups excluding carboxylic acids is 2. The van der Waals surface area contributed by atoms with Crippen molar-refractivity contribution in [2.75, 3.05) is 13.1 Å². The Morgan fingerprint density at radius 3 is 2.28 bits per heavy atom. The van der Waals surface area contributed by atoms with Gasteiger partial charge in [-0.15, -0.1) is 11.3 Å². The number of hydrogen-bond donors (Lipinski definition) is 0. The summed E-state index contributed by atoms with van der Waals surface area (Å²) in [5.41, 5.74) is 1.09. The normalized spacial score (nSPS) is 10.5. The second-order valence-electron chi connectivity index (χ2n) is 6.19. The Balaban J connectivity index is 2.14. The van der Waals surface area contributed by atoms with Gasteiger partial charge in [0.05, 0.1) is 13.1 Å². The van der Waals surface area contributed by atoms with Crippen LogP contribution in [-0.2, 0) is 22.7 Å². The summed E-state index contributed by atoms with van der Waals surface area (Å²) in [5, 5.41) is 0. The first kappa shape index (κ1) is 19.2. The third-order valence-corrected chi connectivity index (χ3v) is 4.96. The third kappa shape index (κ3) is 6.02. The first-order valence-corrected chi connectivity index (χ1v) is 9.43. The van der Waals surface area contributed by atoms with Crippen molar-refractivity contribution in [3.63, 3.8) is 0 Å². The van der Waals surface area contributed by atoms with Crippen LogP contribution in [0.5, 0.6) is 0 Å². The van der Waals surface area contributed by atoms with Crippen molar-refractivity contribution in [1.29, 1.82) is 0 Å². The number of nitrogens with zero attached hydrogens (tertiary/aromatic N) is 2. The molecule has 0 aliphatic carbocycles. The average Bonchev–Trinajstić information content (AvgIpc) is 2.99. The Labute approximate surface area is 154 Å². The average molecular weight is 359 g/mol. The minimum atomic E-state index is -0.0539. The molecule has 0 fully saturated rings. The number of rotatable bonds is 8. The molecule has 0 atom stereocenters. The van der Waals surface area contributed by atoms with Gasteiger partial charge in [0, 0.05) is 29.8 Å². The molecule has 0 spiro atoms. The lowest BCUT2D eigenvalue weighted by Crippen LogP contribution is -2.41. The van der Waals surface area contributed by atoms with Crippen molar-refractivity contribution < 1.29 is 9.59 Å². The maximum atomic E-state index is 12.9. The van der Waals surface area contributed by atoms with Gasteiger partial charge in [0.2, 0.25) is 11.8 Å². The van der Waals surface area contributed by atoms with Gasteiger partial charge in [0.15, 0.2) is 0 Å². The van der Waals surface area contributed by atoms with E-state index in [1.54, 1.807) is 16.2 Å². The van der Waals surface area contributed by atoms with E-state index >= 15 is 0 Å². The van der Waals surface area contributed by atoms with E-state index in [9.17, 15) is 9.59 Å². The largest absolute Gasteiger partial charge is 0.334 e. The molecule has 2 aromatic rings. The fourth-order valence-electron chi connectivity index (χ4n) is 2.68. The second-order valence-corrected chi connectivity index (χ2v) is 7.56. The van der Waals surface area contributed by atoms with Crippen molar-refractivity contribution in [1.82, 2.24) is 9.80 Å². The van der Waals surface area contributed by atoms with Gasteiger partial charge < -0.3 is 9.80 Å². The Morgan fingerprint density at radius 1 is 1.00 bits per heavy atom. The molecule has 0 saturated carbocycles. The van der Waals surface area contributed by atoms with Gasteiger partial charge in [-0.05, 0) is 31.0 Å². The van der Waals surface area contributed by atoms with Crippen molar-refractivity contribution in [2.45, 2.75) is 40.3 Å². The molecule has 0 radical (unpaired) electrons. The highest BCUT2D eigenvalue weighted by molar-refractivity contribution is 7.11. The quantitative estimate of drug-likeness (QED) is 0.719. The van der Waals surface area contributed by atoms with Gasteiger partial charge in [-0.1, -0.05) is 37.3 Å². The van der Waals surface area contributed by atoms with Gasteiger partial charge in [-0.3, -0.25) is 9.59 Å². The second kappa shape index (κ2) is 9.37. The summed E-state index contributed by atoms with van der Waals surface area (Å²) >= 11 is 1.71. The molecular weight excluding hydrogens is 332 g/mol. The van der Waals surface area contributed by atoms with Gasteiger partial charge in [-0.2, -0.15) is 0 Å². The first-order chi connectivity index (χ1) is 12.0. The molecule has 2 rings (SSSR count). The highest BCUT2D eigenvalue weighted by Crippen LogP contribution is 2.19. The van der Waals surface area contributed by atoms with Crippen LogP contribution in [0.1, 0.15) is 35.6 Å². The van der Waals surface area contributed by atoms with E-state index in [1.807, 2.05) is 42.2 Å². The van der Waals surface area contributed by atoms with Crippen LogP contribution >= 0.6 is 11.3 Å². The molecule has 0 aliphatic rings. The lowest BCUT2D eigenvalue weighted by Gasteiger charge is -2.27. The molecule has 134 valence electrons. The Kier molecular flexibility index (Phi) is 7.19. The lowest BCUT2D eigenvalue weighted by atomic mass is 10.2. The number of aryl methyl sites for hydroxylation is 1. The SMILES string of the molecule is CCCN(CC(=O)N(Cc1ccccc1)Cc1ccc(C)s1)C(C)=O. The Morgan fingerprint density at radius 2 is 1.72 bits per heavy atom. The predicted molar refractivity (Wildman–Crippen MR) is 102 cm³/mol. The van der Waals surface area contributed by atoms with Crippen molar-refractivity contribution in [3.8, 4) is 0 Å². The topological polar surface area (TPSA) is 40.6 Å². The van der Waals surface area contributed by atoms with E-state index in [4.69, 9.17) is 0 Å². The molecule has 1 aromatic carbocycles. The van der Waals surface area contributed by atoms with Crippen LogP contribution in [0, 0.1) is 6.92 Å². The molecule has 4 nitrogen and oxygen atoms in total. The number of benzene rings is 1. The highest BCUT2D eigenvalue weighted by Gasteiger charge is 2.20. The minimum absolute atomic E-state index is 0.0152. The number of hydrogen-bond acceptors (Lipinski definition) is 3. The van der Waals surface area contributed by atoms with E-state index in [-0.39, 0.29) is 18.4 Å². The summed E-state index contributed by atoms with van der Waals surface area (Å²) in [4.78, 5) is 30.5. The molecule has 1 aromatic heterocycles. The van der Waals surface area contributed by atoms with E-state index in [2.05, 4.69) is 19.1 Å². The van der Waals surface area contributed by atoms with Gasteiger partial charge in [0.1, 0.15) is 0 Å². The maximum absolute atomic E-state index is 12.9. The molecule has 5 heteroatoms. The summed E-state index contributed by atoms with van der Waals surface area (Å²) in [5.74, 6) is -0.0691. The summed E-state index contributed by atoms with van der Waals surface area (Å²) < 4.78 is 0. The van der Waals surface area contributed by atoms with E-state index < -0.39 is 0 Å². The smallest absolute Gasteiger partial charge is 0.242 e. The number of amides is 2. The molecule has 0 unspecified atom stereocenters. The third-order valence-electron chi connectivity index (χ3n) is 3.98. The predicted octanol–water partition coefficient (Wildman–Crippen LogP) is 3.84. The number of carbonyl (C=O) groups is 2. The van der Waals surface area contributed by atoms with Crippen LogP contribution in [0.15, 0.2) is 42.5 Å². The highest BCUT2D eigenvalue weighted by atomic mass is 32.1. The fourth-order valence-corrected chi connectivity index (χ4v) is 3.58. The Bertz CT molecular complexity index is 697. The summed E-state index contributed by atoms with van der Waals surface area (Å²) in [6, 6.07) is 14.1. The lowest BCUT2D eigenvalue weighted by molar-refractivity contribution is -0.140. The molecule has 0 aliphatic heterocycles. The van der Waals surface area contributed by atoms with Crippen LogP contribution in [0.25, 0.3) is 0 Å². The van der Waals surface area contributed by atoms with Crippen LogP contribution in [0.3, 0.4) is 0 Å². The van der Waals surface area contributed by atoms with Crippen LogP contribution in [-0.4, -0.2) is 34.7 Å². The van der Waals surface area contributed by atoms with E-state index in [1.165, 1.54) is 11.8 Å². The zero-order valence-corrected chi connectivity index (χ0v) is 16.0. The van der Waals surface area contributed by atoms with Gasteiger partial charge >= 0.3 is 0 Å². The zero-order valence-electron chi connectivity index (χ0n) is 15.2. The molecule has 0 N–H and O–H groups in total. The summed E-state index contributed by atoms with van der Waals surface area (Å²) in [7, 11) is 0. The van der Waals surface area contributed by atoms with Gasteiger partial charge in [-0.25, -0.2) is 0 Å². The van der Waals surface area contributed by atoms with Crippen LogP contribution in [0.2, 0.25) is 0 Å². The van der Waals surface area contributed by atoms with Crippen molar-refractivity contribution in [3.05, 3.63) is 57.8 Å². The number of thiophene rings is 1. The monoisotopic (exact) mass is 358 g/mol. The van der Waals surface area contributed by atoms with Gasteiger partial charge in [0.25, 0.3) is 0 Å². The first-order valence-electron chi connectivity index (χ1n) is 8.62. The summed E-state index contributed by atoms with van der Waals surface area (Å²) in [6.07, 6.45) is 0.843. The molecule has 0 saturated heterocycles. The van der Waals surface area contributed by atoms with E-state index in [0.717, 1.165) is 16.9 Å².